The smallest absolute Gasteiger partial charge is 0.0808 e. The molecule has 0 N–H and O–H groups in total. The van der Waals surface area contributed by atoms with Gasteiger partial charge in [-0.25, -0.2) is 0 Å². The van der Waals surface area contributed by atoms with Crippen LogP contribution in [-0.2, 0) is 9.47 Å². The molecule has 0 saturated heterocycles. The second-order valence-corrected chi connectivity index (χ2v) is 4.06. The van der Waals surface area contributed by atoms with Crippen molar-refractivity contribution in [3.8, 4) is 0 Å². The molecule has 0 radical (unpaired) electrons. The third-order valence-corrected chi connectivity index (χ3v) is 2.41. The molecule has 0 aliphatic heterocycles. The highest BCUT2D eigenvalue weighted by Crippen LogP contribution is 2.05. The molecule has 0 aliphatic rings. The Morgan fingerprint density at radius 1 is 0.867 bits per heavy atom. The zero-order chi connectivity index (χ0) is 11.4. The Hall–Kier alpha value is -0.0800. The first-order valence-corrected chi connectivity index (χ1v) is 6.54. The molecule has 0 saturated carbocycles. The summed E-state index contributed by atoms with van der Waals surface area (Å²) >= 11 is 0. The number of unbranched alkanes of at least 4 members (excludes halogenated alkanes) is 2. The first-order valence-electron chi connectivity index (χ1n) is 6.54. The van der Waals surface area contributed by atoms with Crippen LogP contribution in [0.2, 0.25) is 0 Å². The zero-order valence-electron chi connectivity index (χ0n) is 10.8. The fraction of sp³-hybridized carbons (Fsp3) is 1.00. The topological polar surface area (TPSA) is 18.5 Å². The maximum atomic E-state index is 5.78. The number of hydrogen-bond donors (Lipinski definition) is 0. The summed E-state index contributed by atoms with van der Waals surface area (Å²) in [7, 11) is 0. The van der Waals surface area contributed by atoms with E-state index in [1.54, 1.807) is 0 Å². The van der Waals surface area contributed by atoms with Crippen molar-refractivity contribution in [1.29, 1.82) is 0 Å². The second-order valence-electron chi connectivity index (χ2n) is 4.06. The van der Waals surface area contributed by atoms with E-state index in [0.29, 0.717) is 6.10 Å². The minimum absolute atomic E-state index is 0.318. The molecule has 1 atom stereocenters. The fourth-order valence-electron chi connectivity index (χ4n) is 1.39. The van der Waals surface area contributed by atoms with Gasteiger partial charge in [-0.15, -0.1) is 0 Å². The van der Waals surface area contributed by atoms with Gasteiger partial charge in [-0.1, -0.05) is 40.0 Å². The van der Waals surface area contributed by atoms with Crippen LogP contribution in [0.25, 0.3) is 0 Å². The SMILES string of the molecule is CCCCOCC(CCC)OCCCC. The van der Waals surface area contributed by atoms with Crippen LogP contribution in [0.3, 0.4) is 0 Å². The van der Waals surface area contributed by atoms with Gasteiger partial charge in [0.05, 0.1) is 12.7 Å². The lowest BCUT2D eigenvalue weighted by molar-refractivity contribution is -0.0221. The molecule has 0 amide bonds. The Kier molecular flexibility index (Phi) is 11.9. The predicted octanol–water partition coefficient (Wildman–Crippen LogP) is 3.79. The summed E-state index contributed by atoms with van der Waals surface area (Å²) in [6.07, 6.45) is 7.34. The molecular formula is C13H28O2. The van der Waals surface area contributed by atoms with Gasteiger partial charge in [-0.05, 0) is 19.3 Å². The summed E-state index contributed by atoms with van der Waals surface area (Å²) in [5, 5.41) is 0. The molecule has 0 fully saturated rings. The molecule has 0 heterocycles. The van der Waals surface area contributed by atoms with Crippen LogP contribution in [0.1, 0.15) is 59.3 Å². The average molecular weight is 216 g/mol. The van der Waals surface area contributed by atoms with E-state index in [9.17, 15) is 0 Å². The van der Waals surface area contributed by atoms with E-state index in [1.165, 1.54) is 19.3 Å². The molecule has 0 rings (SSSR count). The van der Waals surface area contributed by atoms with E-state index in [0.717, 1.165) is 39.1 Å². The molecule has 92 valence electrons. The van der Waals surface area contributed by atoms with Gasteiger partial charge >= 0.3 is 0 Å². The summed E-state index contributed by atoms with van der Waals surface area (Å²) in [4.78, 5) is 0. The molecule has 0 aromatic heterocycles. The van der Waals surface area contributed by atoms with E-state index in [-0.39, 0.29) is 0 Å². The summed E-state index contributed by atoms with van der Waals surface area (Å²) < 4.78 is 11.4. The lowest BCUT2D eigenvalue weighted by Crippen LogP contribution is -2.20. The Balaban J connectivity index is 3.44. The van der Waals surface area contributed by atoms with Crippen molar-refractivity contribution in [2.24, 2.45) is 0 Å². The third-order valence-electron chi connectivity index (χ3n) is 2.41. The quantitative estimate of drug-likeness (QED) is 0.489. The van der Waals surface area contributed by atoms with Gasteiger partial charge in [0.2, 0.25) is 0 Å². The van der Waals surface area contributed by atoms with Crippen molar-refractivity contribution in [1.82, 2.24) is 0 Å². The van der Waals surface area contributed by atoms with E-state index in [4.69, 9.17) is 9.47 Å². The van der Waals surface area contributed by atoms with Gasteiger partial charge < -0.3 is 9.47 Å². The van der Waals surface area contributed by atoms with Crippen molar-refractivity contribution in [3.05, 3.63) is 0 Å². The van der Waals surface area contributed by atoms with Crippen molar-refractivity contribution in [2.45, 2.75) is 65.4 Å². The van der Waals surface area contributed by atoms with Gasteiger partial charge in [0.15, 0.2) is 0 Å². The lowest BCUT2D eigenvalue weighted by Gasteiger charge is -2.17. The largest absolute Gasteiger partial charge is 0.379 e. The molecular weight excluding hydrogens is 188 g/mol. The Bertz CT molecular complexity index is 115. The highest BCUT2D eigenvalue weighted by atomic mass is 16.5. The van der Waals surface area contributed by atoms with E-state index < -0.39 is 0 Å². The van der Waals surface area contributed by atoms with E-state index in [1.807, 2.05) is 0 Å². The van der Waals surface area contributed by atoms with Crippen molar-refractivity contribution in [3.63, 3.8) is 0 Å². The van der Waals surface area contributed by atoms with Gasteiger partial charge in [-0.2, -0.15) is 0 Å². The number of hydrogen-bond acceptors (Lipinski definition) is 2. The fourth-order valence-corrected chi connectivity index (χ4v) is 1.39. The van der Waals surface area contributed by atoms with Gasteiger partial charge in [-0.3, -0.25) is 0 Å². The lowest BCUT2D eigenvalue weighted by atomic mass is 10.2. The van der Waals surface area contributed by atoms with Crippen LogP contribution in [0.5, 0.6) is 0 Å². The molecule has 0 aliphatic carbocycles. The highest BCUT2D eigenvalue weighted by Gasteiger charge is 2.07. The van der Waals surface area contributed by atoms with Crippen molar-refractivity contribution in [2.75, 3.05) is 19.8 Å². The van der Waals surface area contributed by atoms with Gasteiger partial charge in [0.25, 0.3) is 0 Å². The van der Waals surface area contributed by atoms with Crippen molar-refractivity contribution < 1.29 is 9.47 Å². The summed E-state index contributed by atoms with van der Waals surface area (Å²) in [5.41, 5.74) is 0. The first kappa shape index (κ1) is 14.9. The van der Waals surface area contributed by atoms with Gasteiger partial charge in [0, 0.05) is 13.2 Å². The minimum Gasteiger partial charge on any atom is -0.379 e. The Labute approximate surface area is 95.3 Å². The average Bonchev–Trinajstić information content (AvgIpc) is 2.24. The van der Waals surface area contributed by atoms with Crippen LogP contribution in [0.15, 0.2) is 0 Å². The van der Waals surface area contributed by atoms with Crippen LogP contribution < -0.4 is 0 Å². The second kappa shape index (κ2) is 12.0. The molecule has 0 aromatic rings. The Morgan fingerprint density at radius 2 is 1.53 bits per heavy atom. The maximum absolute atomic E-state index is 5.78. The van der Waals surface area contributed by atoms with Crippen LogP contribution in [0.4, 0.5) is 0 Å². The van der Waals surface area contributed by atoms with Crippen LogP contribution in [0, 0.1) is 0 Å². The summed E-state index contributed by atoms with van der Waals surface area (Å²) in [6, 6.07) is 0. The van der Waals surface area contributed by atoms with E-state index in [2.05, 4.69) is 20.8 Å². The minimum atomic E-state index is 0.318. The standard InChI is InChI=1S/C13H28O2/c1-4-7-10-14-12-13(9-6-3)15-11-8-5-2/h13H,4-12H2,1-3H3. The molecule has 15 heavy (non-hydrogen) atoms. The van der Waals surface area contributed by atoms with E-state index >= 15 is 0 Å². The maximum Gasteiger partial charge on any atom is 0.0808 e. The van der Waals surface area contributed by atoms with Crippen LogP contribution in [-0.4, -0.2) is 25.9 Å². The predicted molar refractivity (Wildman–Crippen MR) is 65.3 cm³/mol. The number of ether oxygens (including phenoxy) is 2. The first-order chi connectivity index (χ1) is 7.35. The molecule has 2 heteroatoms. The number of rotatable bonds is 11. The Morgan fingerprint density at radius 3 is 2.13 bits per heavy atom. The van der Waals surface area contributed by atoms with Crippen LogP contribution >= 0.6 is 0 Å². The molecule has 1 unspecified atom stereocenters. The molecule has 0 aromatic carbocycles. The normalized spacial score (nSPS) is 13.0. The molecule has 0 spiro atoms. The monoisotopic (exact) mass is 216 g/mol. The zero-order valence-corrected chi connectivity index (χ0v) is 10.8. The third kappa shape index (κ3) is 10.2. The van der Waals surface area contributed by atoms with Gasteiger partial charge in [0.1, 0.15) is 0 Å². The molecule has 0 bridgehead atoms. The molecule has 2 nitrogen and oxygen atoms in total. The summed E-state index contributed by atoms with van der Waals surface area (Å²) in [5.74, 6) is 0. The summed E-state index contributed by atoms with van der Waals surface area (Å²) in [6.45, 7) is 9.12. The highest BCUT2D eigenvalue weighted by molar-refractivity contribution is 4.56. The van der Waals surface area contributed by atoms with Crippen molar-refractivity contribution >= 4 is 0 Å².